The van der Waals surface area contributed by atoms with Gasteiger partial charge in [0.15, 0.2) is 0 Å². The van der Waals surface area contributed by atoms with Crippen molar-refractivity contribution in [3.63, 3.8) is 0 Å². The molecule has 1 aliphatic carbocycles. The molecule has 0 bridgehead atoms. The van der Waals surface area contributed by atoms with Crippen molar-refractivity contribution in [1.29, 1.82) is 0 Å². The monoisotopic (exact) mass is 240 g/mol. The summed E-state index contributed by atoms with van der Waals surface area (Å²) in [5, 5.41) is 19.9. The van der Waals surface area contributed by atoms with Crippen molar-refractivity contribution < 1.29 is 10.2 Å². The number of hydrogen-bond donors (Lipinski definition) is 2. The van der Waals surface area contributed by atoms with Gasteiger partial charge in [-0.1, -0.05) is 42.5 Å². The van der Waals surface area contributed by atoms with E-state index in [2.05, 4.69) is 6.07 Å². The fourth-order valence-corrected chi connectivity index (χ4v) is 2.82. The van der Waals surface area contributed by atoms with Crippen molar-refractivity contribution in [2.45, 2.75) is 25.6 Å². The molecule has 0 fully saturated rings. The quantitative estimate of drug-likeness (QED) is 0.803. The van der Waals surface area contributed by atoms with Crippen LogP contribution < -0.4 is 0 Å². The van der Waals surface area contributed by atoms with Crippen LogP contribution in [0.1, 0.15) is 33.9 Å². The third-order valence-corrected chi connectivity index (χ3v) is 3.77. The Morgan fingerprint density at radius 2 is 1.72 bits per heavy atom. The lowest BCUT2D eigenvalue weighted by atomic mass is 9.94. The molecule has 1 atom stereocenters. The Morgan fingerprint density at radius 3 is 2.56 bits per heavy atom. The molecule has 0 aromatic heterocycles. The molecule has 18 heavy (non-hydrogen) atoms. The summed E-state index contributed by atoms with van der Waals surface area (Å²) in [4.78, 5) is 0. The van der Waals surface area contributed by atoms with E-state index in [4.69, 9.17) is 0 Å². The maximum Gasteiger partial charge on any atom is 0.105 e. The summed E-state index contributed by atoms with van der Waals surface area (Å²) in [5.41, 5.74) is 5.16. The summed E-state index contributed by atoms with van der Waals surface area (Å²) < 4.78 is 0. The third-order valence-electron chi connectivity index (χ3n) is 3.77. The van der Waals surface area contributed by atoms with E-state index in [1.807, 2.05) is 36.4 Å². The van der Waals surface area contributed by atoms with E-state index in [1.54, 1.807) is 0 Å². The average Bonchev–Trinajstić information content (AvgIpc) is 2.57. The predicted octanol–water partition coefficient (Wildman–Crippen LogP) is 2.36. The number of aryl methyl sites for hydroxylation is 1. The van der Waals surface area contributed by atoms with Crippen LogP contribution in [0.2, 0.25) is 0 Å². The Hall–Kier alpha value is -1.64. The lowest BCUT2D eigenvalue weighted by Crippen LogP contribution is -2.04. The van der Waals surface area contributed by atoms with Crippen LogP contribution in [-0.2, 0) is 19.4 Å². The lowest BCUT2D eigenvalue weighted by Gasteiger charge is -2.15. The second-order valence-corrected chi connectivity index (χ2v) is 4.74. The highest BCUT2D eigenvalue weighted by Gasteiger charge is 2.22. The van der Waals surface area contributed by atoms with Gasteiger partial charge in [0.25, 0.3) is 0 Å². The van der Waals surface area contributed by atoms with Crippen molar-refractivity contribution in [3.8, 4) is 0 Å². The highest BCUT2D eigenvalue weighted by molar-refractivity contribution is 5.45. The molecule has 0 saturated carbocycles. The lowest BCUT2D eigenvalue weighted by molar-refractivity contribution is 0.219. The van der Waals surface area contributed by atoms with Gasteiger partial charge in [-0.3, -0.25) is 0 Å². The topological polar surface area (TPSA) is 40.5 Å². The number of rotatable bonds is 1. The minimum Gasteiger partial charge on any atom is -0.392 e. The molecule has 0 heterocycles. The van der Waals surface area contributed by atoms with Crippen LogP contribution in [0.4, 0.5) is 0 Å². The fourth-order valence-electron chi connectivity index (χ4n) is 2.82. The first-order chi connectivity index (χ1) is 8.81. The molecule has 0 saturated heterocycles. The Bertz CT molecular complexity index is 575. The van der Waals surface area contributed by atoms with Gasteiger partial charge in [-0.25, -0.2) is 0 Å². The summed E-state index contributed by atoms with van der Waals surface area (Å²) in [6.07, 6.45) is 1.21. The first kappa shape index (κ1) is 11.5. The van der Waals surface area contributed by atoms with Crippen molar-refractivity contribution in [2.75, 3.05) is 0 Å². The van der Waals surface area contributed by atoms with Gasteiger partial charge in [-0.2, -0.15) is 0 Å². The van der Waals surface area contributed by atoms with Gasteiger partial charge in [0.05, 0.1) is 6.61 Å². The van der Waals surface area contributed by atoms with Crippen molar-refractivity contribution >= 4 is 0 Å². The van der Waals surface area contributed by atoms with Crippen LogP contribution in [0.5, 0.6) is 0 Å². The minimum absolute atomic E-state index is 0.0340. The Labute approximate surface area is 107 Å². The van der Waals surface area contributed by atoms with Crippen LogP contribution in [-0.4, -0.2) is 10.2 Å². The summed E-state index contributed by atoms with van der Waals surface area (Å²) in [5.74, 6) is 0. The number of aliphatic hydroxyl groups excluding tert-OH is 2. The van der Waals surface area contributed by atoms with Gasteiger partial charge in [-0.05, 0) is 40.7 Å². The van der Waals surface area contributed by atoms with Crippen molar-refractivity contribution in [3.05, 3.63) is 70.3 Å². The van der Waals surface area contributed by atoms with Gasteiger partial charge < -0.3 is 10.2 Å². The first-order valence-corrected chi connectivity index (χ1v) is 6.28. The number of hydrogen-bond acceptors (Lipinski definition) is 2. The van der Waals surface area contributed by atoms with E-state index < -0.39 is 6.10 Å². The summed E-state index contributed by atoms with van der Waals surface area (Å²) in [6.45, 7) is 0.0340. The third kappa shape index (κ3) is 1.74. The van der Waals surface area contributed by atoms with E-state index in [0.29, 0.717) is 0 Å². The van der Waals surface area contributed by atoms with Crippen molar-refractivity contribution in [1.82, 2.24) is 0 Å². The van der Waals surface area contributed by atoms with Crippen LogP contribution >= 0.6 is 0 Å². The van der Waals surface area contributed by atoms with Crippen molar-refractivity contribution in [2.24, 2.45) is 0 Å². The Balaban J connectivity index is 2.17. The van der Waals surface area contributed by atoms with E-state index >= 15 is 0 Å². The van der Waals surface area contributed by atoms with Crippen LogP contribution in [0.3, 0.4) is 0 Å². The molecule has 92 valence electrons. The van der Waals surface area contributed by atoms with Gasteiger partial charge in [-0.15, -0.1) is 0 Å². The molecule has 0 unspecified atom stereocenters. The molecule has 2 heteroatoms. The molecular formula is C16H16O2. The number of aliphatic hydroxyl groups is 2. The fraction of sp³-hybridized carbons (Fsp3) is 0.250. The Morgan fingerprint density at radius 1 is 0.944 bits per heavy atom. The van der Waals surface area contributed by atoms with E-state index in [0.717, 1.165) is 35.1 Å². The molecule has 2 aromatic carbocycles. The van der Waals surface area contributed by atoms with E-state index in [-0.39, 0.29) is 6.61 Å². The maximum atomic E-state index is 10.5. The smallest absolute Gasteiger partial charge is 0.105 e. The summed E-state index contributed by atoms with van der Waals surface area (Å²) >= 11 is 0. The summed E-state index contributed by atoms with van der Waals surface area (Å²) in [7, 11) is 0. The van der Waals surface area contributed by atoms with Crippen LogP contribution in [0.25, 0.3) is 0 Å². The molecule has 1 aliphatic rings. The molecular weight excluding hydrogens is 224 g/mol. The van der Waals surface area contributed by atoms with Gasteiger partial charge in [0.2, 0.25) is 0 Å². The summed E-state index contributed by atoms with van der Waals surface area (Å²) in [6, 6.07) is 13.8. The normalized spacial score (nSPS) is 17.8. The number of fused-ring (bicyclic) bond motifs is 2. The van der Waals surface area contributed by atoms with E-state index in [9.17, 15) is 10.2 Å². The molecule has 2 N–H and O–H groups in total. The number of benzene rings is 2. The minimum atomic E-state index is -0.579. The standard InChI is InChI=1S/C16H16O2/c17-10-12-5-3-7-15-13(12)9-8-11-4-1-2-6-14(11)16(15)18/h1-7,16-18H,8-10H2/t16-/m1/s1. The van der Waals surface area contributed by atoms with Gasteiger partial charge in [0, 0.05) is 0 Å². The highest BCUT2D eigenvalue weighted by atomic mass is 16.3. The molecule has 0 amide bonds. The molecule has 0 spiro atoms. The van der Waals surface area contributed by atoms with E-state index in [1.165, 1.54) is 5.56 Å². The van der Waals surface area contributed by atoms with Gasteiger partial charge in [0.1, 0.15) is 6.10 Å². The second-order valence-electron chi connectivity index (χ2n) is 4.74. The Kier molecular flexibility index (Phi) is 2.90. The van der Waals surface area contributed by atoms with Gasteiger partial charge >= 0.3 is 0 Å². The highest BCUT2D eigenvalue weighted by Crippen LogP contribution is 2.33. The second kappa shape index (κ2) is 4.56. The SMILES string of the molecule is OCc1cccc2c1CCc1ccccc1[C@H]2O. The van der Waals surface area contributed by atoms with Crippen LogP contribution in [0, 0.1) is 0 Å². The maximum absolute atomic E-state index is 10.5. The molecule has 0 aliphatic heterocycles. The zero-order valence-electron chi connectivity index (χ0n) is 10.1. The molecule has 2 aromatic rings. The van der Waals surface area contributed by atoms with Crippen LogP contribution in [0.15, 0.2) is 42.5 Å². The predicted molar refractivity (Wildman–Crippen MR) is 70.3 cm³/mol. The average molecular weight is 240 g/mol. The largest absolute Gasteiger partial charge is 0.392 e. The molecule has 3 rings (SSSR count). The molecule has 0 radical (unpaired) electrons. The zero-order chi connectivity index (χ0) is 12.5. The molecule has 2 nitrogen and oxygen atoms in total. The first-order valence-electron chi connectivity index (χ1n) is 6.28. The zero-order valence-corrected chi connectivity index (χ0v) is 10.1.